The molecule has 4 aliphatic rings. The Bertz CT molecular complexity index is 309. The summed E-state index contributed by atoms with van der Waals surface area (Å²) in [7, 11) is 0. The number of aliphatic carboxylic acids is 1. The summed E-state index contributed by atoms with van der Waals surface area (Å²) in [6.07, 6.45) is 7.51. The van der Waals surface area contributed by atoms with Gasteiger partial charge in [-0.1, -0.05) is 6.92 Å². The standard InChI is InChI=1S/C14H24N2O2.ClH/c1-2-12(14(17)18)15-16-13-10-4-8-3-9(6-10)7-11(13)5-8;/h8-13,15-16H,2-7H2,1H3,(H,17,18);1H. The van der Waals surface area contributed by atoms with Crippen LogP contribution in [0, 0.1) is 23.7 Å². The summed E-state index contributed by atoms with van der Waals surface area (Å²) in [5.41, 5.74) is 6.41. The van der Waals surface area contributed by atoms with Gasteiger partial charge in [0.1, 0.15) is 6.04 Å². The van der Waals surface area contributed by atoms with Gasteiger partial charge in [-0.15, -0.1) is 12.4 Å². The second-order valence-corrected chi connectivity index (χ2v) is 6.54. The summed E-state index contributed by atoms with van der Waals surface area (Å²) in [5.74, 6) is 2.73. The predicted octanol–water partition coefficient (Wildman–Crippen LogP) is 2.19. The van der Waals surface area contributed by atoms with E-state index in [2.05, 4.69) is 10.9 Å². The molecule has 4 saturated carbocycles. The highest BCUT2D eigenvalue weighted by Gasteiger charge is 2.48. The first kappa shape index (κ1) is 15.1. The number of hydrogen-bond donors (Lipinski definition) is 3. The van der Waals surface area contributed by atoms with Gasteiger partial charge in [0.2, 0.25) is 0 Å². The van der Waals surface area contributed by atoms with Crippen LogP contribution in [0.4, 0.5) is 0 Å². The molecule has 4 aliphatic carbocycles. The molecule has 0 aromatic heterocycles. The van der Waals surface area contributed by atoms with E-state index in [0.717, 1.165) is 23.7 Å². The van der Waals surface area contributed by atoms with Crippen molar-refractivity contribution in [3.8, 4) is 0 Å². The fourth-order valence-electron chi connectivity index (χ4n) is 4.70. The summed E-state index contributed by atoms with van der Waals surface area (Å²) in [5, 5.41) is 9.05. The van der Waals surface area contributed by atoms with Gasteiger partial charge in [-0.3, -0.25) is 10.2 Å². The first-order chi connectivity index (χ1) is 8.67. The Morgan fingerprint density at radius 2 is 1.68 bits per heavy atom. The van der Waals surface area contributed by atoms with Crippen LogP contribution in [-0.4, -0.2) is 23.2 Å². The first-order valence-electron chi connectivity index (χ1n) is 7.41. The lowest BCUT2D eigenvalue weighted by molar-refractivity contribution is -0.140. The molecule has 110 valence electrons. The number of rotatable bonds is 5. The fourth-order valence-corrected chi connectivity index (χ4v) is 4.70. The molecule has 5 heteroatoms. The summed E-state index contributed by atoms with van der Waals surface area (Å²) < 4.78 is 0. The van der Waals surface area contributed by atoms with E-state index < -0.39 is 12.0 Å². The highest BCUT2D eigenvalue weighted by molar-refractivity contribution is 5.85. The highest BCUT2D eigenvalue weighted by atomic mass is 35.5. The van der Waals surface area contributed by atoms with E-state index >= 15 is 0 Å². The van der Waals surface area contributed by atoms with Crippen LogP contribution >= 0.6 is 12.4 Å². The fraction of sp³-hybridized carbons (Fsp3) is 0.929. The summed E-state index contributed by atoms with van der Waals surface area (Å²) in [6.45, 7) is 1.91. The summed E-state index contributed by atoms with van der Waals surface area (Å²) in [4.78, 5) is 11.0. The van der Waals surface area contributed by atoms with Crippen molar-refractivity contribution in [3.63, 3.8) is 0 Å². The topological polar surface area (TPSA) is 61.4 Å². The van der Waals surface area contributed by atoms with Crippen molar-refractivity contribution in [2.45, 2.75) is 57.5 Å². The third-order valence-corrected chi connectivity index (χ3v) is 5.36. The molecule has 1 unspecified atom stereocenters. The maximum Gasteiger partial charge on any atom is 0.322 e. The van der Waals surface area contributed by atoms with Gasteiger partial charge in [0, 0.05) is 6.04 Å². The Hall–Kier alpha value is -0.320. The third-order valence-electron chi connectivity index (χ3n) is 5.36. The van der Waals surface area contributed by atoms with E-state index in [0.29, 0.717) is 12.5 Å². The first-order valence-corrected chi connectivity index (χ1v) is 7.41. The molecule has 1 atom stereocenters. The second kappa shape index (κ2) is 5.98. The minimum atomic E-state index is -0.756. The molecule has 0 aromatic rings. The number of nitrogens with one attached hydrogen (secondary N) is 2. The van der Waals surface area contributed by atoms with Gasteiger partial charge in [0.05, 0.1) is 0 Å². The Morgan fingerprint density at radius 1 is 1.16 bits per heavy atom. The van der Waals surface area contributed by atoms with E-state index in [1.807, 2.05) is 6.92 Å². The van der Waals surface area contributed by atoms with Gasteiger partial charge in [-0.25, -0.2) is 5.43 Å². The van der Waals surface area contributed by atoms with Crippen LogP contribution in [0.15, 0.2) is 0 Å². The van der Waals surface area contributed by atoms with Crippen LogP contribution < -0.4 is 10.9 Å². The predicted molar refractivity (Wildman–Crippen MR) is 76.1 cm³/mol. The Labute approximate surface area is 121 Å². The monoisotopic (exact) mass is 288 g/mol. The van der Waals surface area contributed by atoms with Crippen molar-refractivity contribution in [1.29, 1.82) is 0 Å². The number of carboxylic acids is 1. The molecule has 0 amide bonds. The summed E-state index contributed by atoms with van der Waals surface area (Å²) >= 11 is 0. The third kappa shape index (κ3) is 2.91. The van der Waals surface area contributed by atoms with Crippen molar-refractivity contribution in [3.05, 3.63) is 0 Å². The molecular weight excluding hydrogens is 264 g/mol. The Morgan fingerprint density at radius 3 is 2.11 bits per heavy atom. The van der Waals surface area contributed by atoms with E-state index in [1.54, 1.807) is 0 Å². The molecule has 0 spiro atoms. The largest absolute Gasteiger partial charge is 0.480 e. The molecule has 4 nitrogen and oxygen atoms in total. The average molecular weight is 289 g/mol. The lowest BCUT2D eigenvalue weighted by Gasteiger charge is -2.54. The number of carboxylic acid groups (broad SMARTS) is 1. The molecule has 4 rings (SSSR count). The van der Waals surface area contributed by atoms with Gasteiger partial charge in [-0.2, -0.15) is 0 Å². The smallest absolute Gasteiger partial charge is 0.322 e. The molecule has 3 N–H and O–H groups in total. The minimum Gasteiger partial charge on any atom is -0.480 e. The van der Waals surface area contributed by atoms with Gasteiger partial charge in [-0.05, 0) is 62.2 Å². The molecule has 4 bridgehead atoms. The zero-order chi connectivity index (χ0) is 12.7. The highest BCUT2D eigenvalue weighted by Crippen LogP contribution is 2.53. The van der Waals surface area contributed by atoms with Crippen molar-refractivity contribution >= 4 is 18.4 Å². The van der Waals surface area contributed by atoms with Gasteiger partial charge < -0.3 is 5.11 Å². The lowest BCUT2D eigenvalue weighted by atomic mass is 9.54. The molecule has 0 aliphatic heterocycles. The van der Waals surface area contributed by atoms with Crippen LogP contribution in [0.5, 0.6) is 0 Å². The molecule has 19 heavy (non-hydrogen) atoms. The van der Waals surface area contributed by atoms with Gasteiger partial charge in [0.25, 0.3) is 0 Å². The molecule has 4 fully saturated rings. The van der Waals surface area contributed by atoms with Crippen molar-refractivity contribution in [1.82, 2.24) is 10.9 Å². The van der Waals surface area contributed by atoms with E-state index in [9.17, 15) is 4.79 Å². The summed E-state index contributed by atoms with van der Waals surface area (Å²) in [6, 6.07) is 0.0494. The SMILES string of the molecule is CCC(NNC1C2CC3CC(C2)CC1C3)C(=O)O.Cl. The van der Waals surface area contributed by atoms with Crippen LogP contribution in [0.1, 0.15) is 45.4 Å². The Balaban J connectivity index is 0.00000133. The average Bonchev–Trinajstić information content (AvgIpc) is 2.31. The number of carbonyl (C=O) groups is 1. The van der Waals surface area contributed by atoms with Gasteiger partial charge in [0.15, 0.2) is 0 Å². The van der Waals surface area contributed by atoms with E-state index in [-0.39, 0.29) is 12.4 Å². The number of hydrogen-bond acceptors (Lipinski definition) is 3. The van der Waals surface area contributed by atoms with Crippen molar-refractivity contribution < 1.29 is 9.90 Å². The Kier molecular flexibility index (Phi) is 4.75. The molecule has 0 radical (unpaired) electrons. The minimum absolute atomic E-state index is 0. The van der Waals surface area contributed by atoms with E-state index in [4.69, 9.17) is 5.11 Å². The van der Waals surface area contributed by atoms with Crippen molar-refractivity contribution in [2.75, 3.05) is 0 Å². The maximum absolute atomic E-state index is 11.0. The maximum atomic E-state index is 11.0. The second-order valence-electron chi connectivity index (χ2n) is 6.54. The molecule has 0 heterocycles. The number of hydrazine groups is 1. The molecule has 0 saturated heterocycles. The van der Waals surface area contributed by atoms with Gasteiger partial charge >= 0.3 is 5.97 Å². The quantitative estimate of drug-likeness (QED) is 0.679. The van der Waals surface area contributed by atoms with Crippen molar-refractivity contribution in [2.24, 2.45) is 23.7 Å². The van der Waals surface area contributed by atoms with Crippen LogP contribution in [0.3, 0.4) is 0 Å². The van der Waals surface area contributed by atoms with Crippen LogP contribution in [0.2, 0.25) is 0 Å². The molecule has 0 aromatic carbocycles. The lowest BCUT2D eigenvalue weighted by Crippen LogP contribution is -2.60. The molecular formula is C14H25ClN2O2. The zero-order valence-electron chi connectivity index (χ0n) is 11.5. The van der Waals surface area contributed by atoms with E-state index in [1.165, 1.54) is 32.1 Å². The zero-order valence-corrected chi connectivity index (χ0v) is 12.3. The normalized spacial score (nSPS) is 40.8. The van der Waals surface area contributed by atoms with Crippen LogP contribution in [-0.2, 0) is 4.79 Å². The number of halogens is 1. The van der Waals surface area contributed by atoms with Crippen LogP contribution in [0.25, 0.3) is 0 Å².